The molecule has 0 spiro atoms. The van der Waals surface area contributed by atoms with Gasteiger partial charge in [0, 0.05) is 0 Å². The average molecular weight is 344 g/mol. The first-order valence-corrected chi connectivity index (χ1v) is 10.3. The second kappa shape index (κ2) is 11.3. The van der Waals surface area contributed by atoms with E-state index in [0.717, 1.165) is 17.8 Å². The minimum absolute atomic E-state index is 0.543. The predicted molar refractivity (Wildman–Crippen MR) is 104 cm³/mol. The second-order valence-corrected chi connectivity index (χ2v) is 7.99. The fourth-order valence-electron chi connectivity index (χ4n) is 4.34. The number of hydrogen-bond donors (Lipinski definition) is 0. The third-order valence-corrected chi connectivity index (χ3v) is 6.06. The Morgan fingerprint density at radius 2 is 1.44 bits per heavy atom. The smallest absolute Gasteiger partial charge is 0.195 e. The van der Waals surface area contributed by atoms with Crippen LogP contribution in [0.25, 0.3) is 0 Å². The molecule has 138 valence electrons. The van der Waals surface area contributed by atoms with E-state index in [1.54, 1.807) is 6.08 Å². The van der Waals surface area contributed by atoms with Crippen molar-refractivity contribution in [3.63, 3.8) is 0 Å². The Kier molecular flexibility index (Phi) is 9.02. The van der Waals surface area contributed by atoms with Crippen LogP contribution in [0.1, 0.15) is 77.6 Å². The molecule has 0 bridgehead atoms. The number of rotatable bonds is 7. The molecular weight excluding hydrogens is 309 g/mol. The average Bonchev–Trinajstić information content (AvgIpc) is 2.66. The number of hydrogen-bond acceptors (Lipinski definition) is 1. The van der Waals surface area contributed by atoms with Gasteiger partial charge in [-0.2, -0.15) is 9.65 Å². The summed E-state index contributed by atoms with van der Waals surface area (Å²) in [5, 5.41) is 8.39. The molecule has 0 unspecified atom stereocenters. The van der Waals surface area contributed by atoms with Crippen LogP contribution in [0.2, 0.25) is 0 Å². The molecule has 0 atom stereocenters. The van der Waals surface area contributed by atoms with E-state index in [1.807, 2.05) is 0 Å². The number of nitrogens with zero attached hydrogens (tertiary/aromatic N) is 1. The molecule has 2 heteroatoms. The van der Waals surface area contributed by atoms with Crippen molar-refractivity contribution in [2.75, 3.05) is 0 Å². The van der Waals surface area contributed by atoms with Crippen LogP contribution in [-0.2, 0) is 0 Å². The van der Waals surface area contributed by atoms with Gasteiger partial charge >= 0.3 is 0 Å². The summed E-state index contributed by atoms with van der Waals surface area (Å²) in [7, 11) is 0. The van der Waals surface area contributed by atoms with Crippen molar-refractivity contribution in [2.45, 2.75) is 77.6 Å². The summed E-state index contributed by atoms with van der Waals surface area (Å²) in [6.45, 7) is 2.29. The Hall–Kier alpha value is -1.36. The lowest BCUT2D eigenvalue weighted by molar-refractivity contribution is 0.289. The lowest BCUT2D eigenvalue weighted by Gasteiger charge is -2.28. The van der Waals surface area contributed by atoms with E-state index < -0.39 is 5.83 Å². The lowest BCUT2D eigenvalue weighted by Crippen LogP contribution is -2.14. The lowest BCUT2D eigenvalue weighted by atomic mass is 9.78. The molecule has 0 aliphatic heterocycles. The fourth-order valence-corrected chi connectivity index (χ4v) is 4.34. The summed E-state index contributed by atoms with van der Waals surface area (Å²) < 4.78 is 12.8. The molecule has 0 aromatic carbocycles. The van der Waals surface area contributed by atoms with E-state index in [-0.39, 0.29) is 0 Å². The van der Waals surface area contributed by atoms with E-state index in [2.05, 4.69) is 25.2 Å². The third-order valence-electron chi connectivity index (χ3n) is 6.06. The number of allylic oxidation sites excluding steroid dienone is 6. The largest absolute Gasteiger partial charge is 0.199 e. The maximum atomic E-state index is 12.8. The molecule has 2 aliphatic rings. The molecule has 0 N–H and O–H groups in total. The molecule has 0 aromatic rings. The van der Waals surface area contributed by atoms with Crippen molar-refractivity contribution in [1.29, 1.82) is 5.26 Å². The number of halogens is 1. The summed E-state index contributed by atoms with van der Waals surface area (Å²) >= 11 is 0. The van der Waals surface area contributed by atoms with E-state index >= 15 is 0 Å². The number of nitriles is 1. The van der Waals surface area contributed by atoms with Gasteiger partial charge in [-0.1, -0.05) is 50.5 Å². The van der Waals surface area contributed by atoms with Crippen molar-refractivity contribution in [2.24, 2.45) is 23.7 Å². The maximum Gasteiger partial charge on any atom is 0.199 e. The maximum absolute atomic E-state index is 12.8. The van der Waals surface area contributed by atoms with Crippen LogP contribution in [0.5, 0.6) is 0 Å². The molecule has 2 saturated carbocycles. The van der Waals surface area contributed by atoms with Crippen molar-refractivity contribution >= 4 is 0 Å². The van der Waals surface area contributed by atoms with E-state index in [4.69, 9.17) is 5.26 Å². The first-order chi connectivity index (χ1) is 12.2. The molecule has 1 nitrogen and oxygen atoms in total. The van der Waals surface area contributed by atoms with Gasteiger partial charge < -0.3 is 0 Å². The molecule has 2 rings (SSSR count). The van der Waals surface area contributed by atoms with Crippen LogP contribution < -0.4 is 0 Å². The van der Waals surface area contributed by atoms with Crippen molar-refractivity contribution in [1.82, 2.24) is 0 Å². The van der Waals surface area contributed by atoms with Crippen LogP contribution in [-0.4, -0.2) is 0 Å². The van der Waals surface area contributed by atoms with Crippen LogP contribution in [0, 0.1) is 35.0 Å². The van der Waals surface area contributed by atoms with Gasteiger partial charge in [0.25, 0.3) is 0 Å². The standard InChI is InChI=1S/C23H34FN/c1-2-3-5-19-8-12-21(13-9-19)16-17-22-14-10-20(11-15-22)6-4-7-23(24)18-25/h4,6-7,16-17,19-22H,2-3,5,8-15H2,1H3/b6-4?,17-16+,23-7?. The Morgan fingerprint density at radius 1 is 0.920 bits per heavy atom. The molecular formula is C23H34FN. The van der Waals surface area contributed by atoms with Crippen LogP contribution in [0.4, 0.5) is 4.39 Å². The van der Waals surface area contributed by atoms with Gasteiger partial charge in [0.15, 0.2) is 5.83 Å². The van der Waals surface area contributed by atoms with Crippen LogP contribution in [0.3, 0.4) is 0 Å². The zero-order valence-corrected chi connectivity index (χ0v) is 15.8. The Bertz CT molecular complexity index is 495. The Labute approximate surface area is 153 Å². The minimum Gasteiger partial charge on any atom is -0.195 e. The zero-order valence-electron chi connectivity index (χ0n) is 15.8. The van der Waals surface area contributed by atoms with Gasteiger partial charge in [0.2, 0.25) is 0 Å². The minimum atomic E-state index is -0.711. The first kappa shape index (κ1) is 20.0. The summed E-state index contributed by atoms with van der Waals surface area (Å²) in [5.74, 6) is 2.37. The summed E-state index contributed by atoms with van der Waals surface area (Å²) in [6, 6.07) is 1.50. The van der Waals surface area contributed by atoms with Gasteiger partial charge in [-0.25, -0.2) is 0 Å². The fraction of sp³-hybridized carbons (Fsp3) is 0.696. The van der Waals surface area contributed by atoms with Gasteiger partial charge in [-0.15, -0.1) is 0 Å². The van der Waals surface area contributed by atoms with Gasteiger partial charge in [-0.3, -0.25) is 0 Å². The van der Waals surface area contributed by atoms with Crippen LogP contribution >= 0.6 is 0 Å². The summed E-state index contributed by atoms with van der Waals surface area (Å²) in [6.07, 6.45) is 24.7. The highest BCUT2D eigenvalue weighted by Crippen LogP contribution is 2.34. The Morgan fingerprint density at radius 3 is 1.96 bits per heavy atom. The van der Waals surface area contributed by atoms with Crippen molar-refractivity contribution in [3.05, 3.63) is 36.2 Å². The molecule has 2 fully saturated rings. The molecule has 0 heterocycles. The summed E-state index contributed by atoms with van der Waals surface area (Å²) in [5.41, 5.74) is 0. The molecule has 0 saturated heterocycles. The zero-order chi connectivity index (χ0) is 17.9. The highest BCUT2D eigenvalue weighted by molar-refractivity contribution is 5.19. The van der Waals surface area contributed by atoms with Crippen molar-refractivity contribution in [3.8, 4) is 6.07 Å². The SMILES string of the molecule is CCCCC1CCC(/C=C/C2CCC(C=CC=C(F)C#N)CC2)CC1. The number of unbranched alkanes of at least 4 members (excludes halogenated alkanes) is 1. The third kappa shape index (κ3) is 7.59. The highest BCUT2D eigenvalue weighted by Gasteiger charge is 2.20. The van der Waals surface area contributed by atoms with E-state index in [0.29, 0.717) is 5.92 Å². The normalized spacial score (nSPS) is 31.5. The highest BCUT2D eigenvalue weighted by atomic mass is 19.1. The molecule has 25 heavy (non-hydrogen) atoms. The van der Waals surface area contributed by atoms with Crippen LogP contribution in [0.15, 0.2) is 36.2 Å². The second-order valence-electron chi connectivity index (χ2n) is 7.99. The summed E-state index contributed by atoms with van der Waals surface area (Å²) in [4.78, 5) is 0. The quantitative estimate of drug-likeness (QED) is 0.271. The Balaban J connectivity index is 1.65. The van der Waals surface area contributed by atoms with Crippen molar-refractivity contribution < 1.29 is 4.39 Å². The monoisotopic (exact) mass is 343 g/mol. The molecule has 2 aliphatic carbocycles. The van der Waals surface area contributed by atoms with Gasteiger partial charge in [-0.05, 0) is 81.1 Å². The van der Waals surface area contributed by atoms with E-state index in [1.165, 1.54) is 82.8 Å². The van der Waals surface area contributed by atoms with Gasteiger partial charge in [0.05, 0.1) is 0 Å². The van der Waals surface area contributed by atoms with E-state index in [9.17, 15) is 4.39 Å². The topological polar surface area (TPSA) is 23.8 Å². The molecule has 0 amide bonds. The molecule has 0 radical (unpaired) electrons. The predicted octanol–water partition coefficient (Wildman–Crippen LogP) is 7.28. The first-order valence-electron chi connectivity index (χ1n) is 10.3. The molecule has 0 aromatic heterocycles. The van der Waals surface area contributed by atoms with Gasteiger partial charge in [0.1, 0.15) is 6.07 Å².